The highest BCUT2D eigenvalue weighted by atomic mass is 16.7. The Morgan fingerprint density at radius 1 is 0.867 bits per heavy atom. The van der Waals surface area contributed by atoms with E-state index in [9.17, 15) is 19.7 Å². The Morgan fingerprint density at radius 2 is 1.50 bits per heavy atom. The second-order valence-corrected chi connectivity index (χ2v) is 6.25. The van der Waals surface area contributed by atoms with Gasteiger partial charge in [0.2, 0.25) is 5.91 Å². The molecule has 152 valence electrons. The van der Waals surface area contributed by atoms with E-state index in [0.29, 0.717) is 11.4 Å². The van der Waals surface area contributed by atoms with Gasteiger partial charge in [0.1, 0.15) is 0 Å². The van der Waals surface area contributed by atoms with Gasteiger partial charge in [0.25, 0.3) is 5.69 Å². The minimum absolute atomic E-state index is 0.130. The van der Waals surface area contributed by atoms with Crippen molar-refractivity contribution in [3.8, 4) is 16.9 Å². The lowest BCUT2D eigenvalue weighted by Crippen LogP contribution is -2.31. The van der Waals surface area contributed by atoms with Crippen LogP contribution in [0.4, 0.5) is 21.9 Å². The fraction of sp³-hybridized carbons (Fsp3) is 0.0476. The Kier molecular flexibility index (Phi) is 6.23. The molecule has 0 atom stereocenters. The van der Waals surface area contributed by atoms with Gasteiger partial charge < -0.3 is 15.5 Å². The van der Waals surface area contributed by atoms with Crippen molar-refractivity contribution in [2.45, 2.75) is 6.92 Å². The van der Waals surface area contributed by atoms with Crippen LogP contribution in [0.2, 0.25) is 0 Å². The highest BCUT2D eigenvalue weighted by Crippen LogP contribution is 2.24. The number of hydrogen-bond acceptors (Lipinski definition) is 5. The predicted molar refractivity (Wildman–Crippen MR) is 112 cm³/mol. The van der Waals surface area contributed by atoms with Gasteiger partial charge in [-0.05, 0) is 41.5 Å². The van der Waals surface area contributed by atoms with Crippen LogP contribution in [-0.2, 0) is 4.79 Å². The quantitative estimate of drug-likeness (QED) is 0.415. The van der Waals surface area contributed by atoms with Crippen molar-refractivity contribution >= 4 is 29.0 Å². The average molecular weight is 406 g/mol. The lowest BCUT2D eigenvalue weighted by Gasteiger charge is -2.09. The summed E-state index contributed by atoms with van der Waals surface area (Å²) in [5.74, 6) is 0.272. The fourth-order valence-electron chi connectivity index (χ4n) is 2.62. The van der Waals surface area contributed by atoms with Gasteiger partial charge in [-0.25, -0.2) is 4.79 Å². The highest BCUT2D eigenvalue weighted by molar-refractivity contribution is 5.89. The van der Waals surface area contributed by atoms with E-state index in [2.05, 4.69) is 16.1 Å². The molecule has 0 spiro atoms. The second-order valence-electron chi connectivity index (χ2n) is 6.25. The molecule has 3 aromatic rings. The van der Waals surface area contributed by atoms with Crippen LogP contribution < -0.4 is 21.0 Å². The van der Waals surface area contributed by atoms with Crippen LogP contribution in [0.15, 0.2) is 72.8 Å². The summed E-state index contributed by atoms with van der Waals surface area (Å²) in [7, 11) is 0. The maximum absolute atomic E-state index is 11.9. The number of hydrogen-bond donors (Lipinski definition) is 3. The van der Waals surface area contributed by atoms with Crippen molar-refractivity contribution in [1.82, 2.24) is 5.48 Å². The number of carbonyl (C=O) groups excluding carboxylic acids is 2. The molecule has 3 rings (SSSR count). The SMILES string of the molecule is CC(=O)Nc1ccc(-c2ccc(ONC(=O)Nc3cccc([N+](=O)[O-])c3)cc2)cc1. The molecule has 3 aromatic carbocycles. The van der Waals surface area contributed by atoms with E-state index in [0.717, 1.165) is 11.1 Å². The summed E-state index contributed by atoms with van der Waals surface area (Å²) >= 11 is 0. The zero-order chi connectivity index (χ0) is 21.5. The first-order chi connectivity index (χ1) is 14.4. The van der Waals surface area contributed by atoms with Gasteiger partial charge >= 0.3 is 6.03 Å². The molecule has 0 fully saturated rings. The molecule has 0 aliphatic carbocycles. The first-order valence-corrected chi connectivity index (χ1v) is 8.87. The van der Waals surface area contributed by atoms with Crippen LogP contribution >= 0.6 is 0 Å². The number of anilines is 2. The molecule has 0 bridgehead atoms. The summed E-state index contributed by atoms with van der Waals surface area (Å²) in [6, 6.07) is 19.3. The molecule has 0 saturated carbocycles. The van der Waals surface area contributed by atoms with Crippen LogP contribution in [0, 0.1) is 10.1 Å². The molecular weight excluding hydrogens is 388 g/mol. The van der Waals surface area contributed by atoms with Gasteiger partial charge in [-0.15, -0.1) is 0 Å². The number of urea groups is 1. The minimum Gasteiger partial charge on any atom is -0.378 e. The molecule has 0 heterocycles. The van der Waals surface area contributed by atoms with Gasteiger partial charge in [0, 0.05) is 30.4 Å². The summed E-state index contributed by atoms with van der Waals surface area (Å²) in [5.41, 5.74) is 4.95. The average Bonchev–Trinajstić information content (AvgIpc) is 2.73. The molecule has 0 aromatic heterocycles. The number of non-ortho nitro benzene ring substituents is 1. The van der Waals surface area contributed by atoms with E-state index in [-0.39, 0.29) is 17.3 Å². The summed E-state index contributed by atoms with van der Waals surface area (Å²) in [4.78, 5) is 38.4. The standard InChI is InChI=1S/C21H18N4O5/c1-14(26)22-17-9-5-15(6-10-17)16-7-11-20(12-8-16)30-24-21(27)23-18-3-2-4-19(13-18)25(28)29/h2-13H,1H3,(H,22,26)(H2,23,24,27). The number of benzene rings is 3. The van der Waals surface area contributed by atoms with Crippen LogP contribution in [-0.4, -0.2) is 16.9 Å². The molecule has 0 radical (unpaired) electrons. The molecule has 0 aliphatic heterocycles. The van der Waals surface area contributed by atoms with E-state index in [1.165, 1.54) is 31.2 Å². The first kappa shape index (κ1) is 20.3. The van der Waals surface area contributed by atoms with E-state index < -0.39 is 11.0 Å². The molecule has 3 N–H and O–H groups in total. The normalized spacial score (nSPS) is 10.0. The summed E-state index contributed by atoms with van der Waals surface area (Å²) < 4.78 is 0. The number of carbonyl (C=O) groups is 2. The lowest BCUT2D eigenvalue weighted by atomic mass is 10.1. The number of nitrogens with zero attached hydrogens (tertiary/aromatic N) is 1. The first-order valence-electron chi connectivity index (χ1n) is 8.87. The number of nitro benzene ring substituents is 1. The van der Waals surface area contributed by atoms with Crippen LogP contribution in [0.3, 0.4) is 0 Å². The van der Waals surface area contributed by atoms with Gasteiger partial charge in [0.15, 0.2) is 5.75 Å². The molecule has 3 amide bonds. The second kappa shape index (κ2) is 9.20. The Labute approximate surface area is 171 Å². The Morgan fingerprint density at radius 3 is 2.10 bits per heavy atom. The number of hydroxylamine groups is 1. The smallest absolute Gasteiger partial charge is 0.352 e. The van der Waals surface area contributed by atoms with Gasteiger partial charge in [-0.2, -0.15) is 5.48 Å². The molecule has 9 nitrogen and oxygen atoms in total. The van der Waals surface area contributed by atoms with Crippen molar-refractivity contribution in [3.63, 3.8) is 0 Å². The third kappa shape index (κ3) is 5.55. The zero-order valence-electron chi connectivity index (χ0n) is 15.9. The molecule has 9 heteroatoms. The lowest BCUT2D eigenvalue weighted by molar-refractivity contribution is -0.384. The third-order valence-electron chi connectivity index (χ3n) is 3.97. The Hall–Kier alpha value is -4.40. The molecule has 0 saturated heterocycles. The van der Waals surface area contributed by atoms with E-state index in [1.807, 2.05) is 24.3 Å². The maximum atomic E-state index is 11.9. The fourth-order valence-corrected chi connectivity index (χ4v) is 2.62. The van der Waals surface area contributed by atoms with E-state index in [1.54, 1.807) is 24.3 Å². The number of amides is 3. The van der Waals surface area contributed by atoms with Gasteiger partial charge in [-0.1, -0.05) is 30.3 Å². The Balaban J connectivity index is 1.55. The maximum Gasteiger partial charge on any atom is 0.352 e. The van der Waals surface area contributed by atoms with Crippen molar-refractivity contribution < 1.29 is 19.3 Å². The number of rotatable bonds is 6. The monoisotopic (exact) mass is 406 g/mol. The summed E-state index contributed by atoms with van der Waals surface area (Å²) in [6.45, 7) is 1.45. The Bertz CT molecular complexity index is 1070. The van der Waals surface area contributed by atoms with Crippen molar-refractivity contribution in [3.05, 3.63) is 82.9 Å². The summed E-state index contributed by atoms with van der Waals surface area (Å²) in [5, 5.41) is 15.9. The third-order valence-corrected chi connectivity index (χ3v) is 3.97. The van der Waals surface area contributed by atoms with Gasteiger partial charge in [0.05, 0.1) is 4.92 Å². The van der Waals surface area contributed by atoms with Crippen LogP contribution in [0.25, 0.3) is 11.1 Å². The van der Waals surface area contributed by atoms with Crippen molar-refractivity contribution in [1.29, 1.82) is 0 Å². The van der Waals surface area contributed by atoms with E-state index >= 15 is 0 Å². The van der Waals surface area contributed by atoms with Gasteiger partial charge in [-0.3, -0.25) is 14.9 Å². The topological polar surface area (TPSA) is 123 Å². The summed E-state index contributed by atoms with van der Waals surface area (Å²) in [6.07, 6.45) is 0. The molecular formula is C21H18N4O5. The van der Waals surface area contributed by atoms with Crippen LogP contribution in [0.5, 0.6) is 5.75 Å². The largest absolute Gasteiger partial charge is 0.378 e. The van der Waals surface area contributed by atoms with Crippen molar-refractivity contribution in [2.75, 3.05) is 10.6 Å². The van der Waals surface area contributed by atoms with E-state index in [4.69, 9.17) is 4.84 Å². The number of nitrogens with one attached hydrogen (secondary N) is 3. The number of nitro groups is 1. The van der Waals surface area contributed by atoms with Crippen molar-refractivity contribution in [2.24, 2.45) is 0 Å². The van der Waals surface area contributed by atoms with Crippen LogP contribution in [0.1, 0.15) is 6.92 Å². The molecule has 30 heavy (non-hydrogen) atoms. The minimum atomic E-state index is -0.673. The molecule has 0 aliphatic rings. The zero-order valence-corrected chi connectivity index (χ0v) is 15.9. The predicted octanol–water partition coefficient (Wildman–Crippen LogP) is 4.34. The highest BCUT2D eigenvalue weighted by Gasteiger charge is 2.08. The molecule has 0 unspecified atom stereocenters.